The lowest BCUT2D eigenvalue weighted by atomic mass is 9.85. The molecule has 10 heteroatoms. The molecule has 0 aromatic heterocycles. The maximum atomic E-state index is 12.0. The van der Waals surface area contributed by atoms with Crippen LogP contribution >= 0.6 is 0 Å². The van der Waals surface area contributed by atoms with Crippen molar-refractivity contribution in [3.05, 3.63) is 24.0 Å². The van der Waals surface area contributed by atoms with E-state index in [1.54, 1.807) is 0 Å². The fourth-order valence-electron chi connectivity index (χ4n) is 3.76. The number of aliphatic hydroxyl groups excluding tert-OH is 5. The van der Waals surface area contributed by atoms with E-state index >= 15 is 0 Å². The summed E-state index contributed by atoms with van der Waals surface area (Å²) < 4.78 is 21.2. The van der Waals surface area contributed by atoms with Gasteiger partial charge in [-0.2, -0.15) is 0 Å². The molecule has 1 saturated carbocycles. The number of methoxy groups -OCH3 is 1. The molecule has 0 bridgehead atoms. The Bertz CT molecular complexity index is 617. The standard InChI is InChI=1S/C17H24O10/c1-6-9(19)3-7-8(15(23)24-2)5-25-16(11(6)7)27-17-14(22)13(21)12(20)10(4-18)26-17/h5,7,9-14,16-22H,1,3-4H2,2H3/t7-,9-,10+,11-,12+,13-,14+,16-,17-/m0/s1. The molecule has 0 aromatic rings. The molecule has 0 radical (unpaired) electrons. The molecule has 152 valence electrons. The Hall–Kier alpha value is -1.53. The average molecular weight is 388 g/mol. The van der Waals surface area contributed by atoms with Gasteiger partial charge in [-0.05, 0) is 12.0 Å². The van der Waals surface area contributed by atoms with Crippen molar-refractivity contribution in [3.8, 4) is 0 Å². The number of hydrogen-bond donors (Lipinski definition) is 5. The van der Waals surface area contributed by atoms with Gasteiger partial charge in [-0.1, -0.05) is 6.58 Å². The summed E-state index contributed by atoms with van der Waals surface area (Å²) in [5.74, 6) is -1.69. The van der Waals surface area contributed by atoms with Crippen LogP contribution in [0.15, 0.2) is 24.0 Å². The molecule has 0 amide bonds. The van der Waals surface area contributed by atoms with Crippen molar-refractivity contribution in [3.63, 3.8) is 0 Å². The Morgan fingerprint density at radius 2 is 1.93 bits per heavy atom. The van der Waals surface area contributed by atoms with E-state index in [2.05, 4.69) is 6.58 Å². The van der Waals surface area contributed by atoms with Gasteiger partial charge >= 0.3 is 5.97 Å². The van der Waals surface area contributed by atoms with Gasteiger partial charge in [-0.25, -0.2) is 4.79 Å². The topological polar surface area (TPSA) is 155 Å². The molecule has 2 fully saturated rings. The van der Waals surface area contributed by atoms with Crippen molar-refractivity contribution in [1.29, 1.82) is 0 Å². The molecule has 5 N–H and O–H groups in total. The zero-order valence-electron chi connectivity index (χ0n) is 14.7. The smallest absolute Gasteiger partial charge is 0.337 e. The van der Waals surface area contributed by atoms with Crippen molar-refractivity contribution >= 4 is 5.97 Å². The predicted octanol–water partition coefficient (Wildman–Crippen LogP) is -2.23. The Labute approximate surface area is 155 Å². The Balaban J connectivity index is 1.81. The molecule has 0 unspecified atom stereocenters. The van der Waals surface area contributed by atoms with E-state index in [1.807, 2.05) is 0 Å². The summed E-state index contributed by atoms with van der Waals surface area (Å²) in [4.78, 5) is 12.0. The molecule has 27 heavy (non-hydrogen) atoms. The second-order valence-electron chi connectivity index (χ2n) is 6.86. The van der Waals surface area contributed by atoms with Crippen molar-refractivity contribution < 1.29 is 49.3 Å². The van der Waals surface area contributed by atoms with Crippen LogP contribution < -0.4 is 0 Å². The number of fused-ring (bicyclic) bond motifs is 1. The fourth-order valence-corrected chi connectivity index (χ4v) is 3.76. The van der Waals surface area contributed by atoms with Gasteiger partial charge in [0.1, 0.15) is 24.4 Å². The predicted molar refractivity (Wildman–Crippen MR) is 86.6 cm³/mol. The van der Waals surface area contributed by atoms with Crippen LogP contribution in [0.25, 0.3) is 0 Å². The SMILES string of the molecule is C=C1[C@@H]2[C@H](O[C@@H]3O[C@H](CO)[C@@H](O)[C@H](O)[C@H]3O)OC=C(C(=O)OC)[C@@H]2C[C@@H]1O. The largest absolute Gasteiger partial charge is 0.471 e. The summed E-state index contributed by atoms with van der Waals surface area (Å²) in [5, 5.41) is 49.3. The first-order valence-corrected chi connectivity index (χ1v) is 8.56. The normalized spacial score (nSPS) is 44.3. The van der Waals surface area contributed by atoms with Crippen LogP contribution in [0, 0.1) is 11.8 Å². The summed E-state index contributed by atoms with van der Waals surface area (Å²) in [6.45, 7) is 3.24. The summed E-state index contributed by atoms with van der Waals surface area (Å²) >= 11 is 0. The molecule has 0 aromatic carbocycles. The number of esters is 1. The molecule has 3 rings (SSSR count). The van der Waals surface area contributed by atoms with Gasteiger partial charge in [0.05, 0.1) is 37.6 Å². The Morgan fingerprint density at radius 3 is 2.56 bits per heavy atom. The third kappa shape index (κ3) is 3.49. The maximum absolute atomic E-state index is 12.0. The minimum atomic E-state index is -1.60. The van der Waals surface area contributed by atoms with E-state index in [1.165, 1.54) is 13.4 Å². The molecular formula is C17H24O10. The molecular weight excluding hydrogens is 364 g/mol. The number of hydrogen-bond acceptors (Lipinski definition) is 10. The van der Waals surface area contributed by atoms with Crippen LogP contribution in [0.1, 0.15) is 6.42 Å². The van der Waals surface area contributed by atoms with E-state index in [0.717, 1.165) is 0 Å². The van der Waals surface area contributed by atoms with E-state index in [-0.39, 0.29) is 12.0 Å². The lowest BCUT2D eigenvalue weighted by Gasteiger charge is -2.42. The maximum Gasteiger partial charge on any atom is 0.337 e. The van der Waals surface area contributed by atoms with Gasteiger partial charge in [0, 0.05) is 5.92 Å². The van der Waals surface area contributed by atoms with Crippen LogP contribution in [0.3, 0.4) is 0 Å². The van der Waals surface area contributed by atoms with Crippen molar-refractivity contribution in [1.82, 2.24) is 0 Å². The second kappa shape index (κ2) is 7.84. The van der Waals surface area contributed by atoms with Gasteiger partial charge < -0.3 is 44.5 Å². The first kappa shape index (κ1) is 20.2. The van der Waals surface area contributed by atoms with Crippen molar-refractivity contribution in [2.45, 2.75) is 49.5 Å². The van der Waals surface area contributed by atoms with Gasteiger partial charge in [-0.15, -0.1) is 0 Å². The second-order valence-corrected chi connectivity index (χ2v) is 6.86. The summed E-state index contributed by atoms with van der Waals surface area (Å²) in [6.07, 6.45) is -7.82. The first-order chi connectivity index (χ1) is 12.8. The zero-order chi connectivity index (χ0) is 19.9. The lowest BCUT2D eigenvalue weighted by molar-refractivity contribution is -0.339. The first-order valence-electron chi connectivity index (χ1n) is 8.56. The van der Waals surface area contributed by atoms with E-state index < -0.39 is 67.5 Å². The van der Waals surface area contributed by atoms with Crippen LogP contribution in [0.2, 0.25) is 0 Å². The highest BCUT2D eigenvalue weighted by molar-refractivity contribution is 5.89. The van der Waals surface area contributed by atoms with Crippen LogP contribution in [-0.2, 0) is 23.7 Å². The number of carbonyl (C=O) groups excluding carboxylic acids is 1. The van der Waals surface area contributed by atoms with Crippen LogP contribution in [0.4, 0.5) is 0 Å². The molecule has 0 spiro atoms. The molecule has 2 heterocycles. The van der Waals surface area contributed by atoms with Gasteiger partial charge in [0.15, 0.2) is 6.29 Å². The molecule has 9 atom stereocenters. The average Bonchev–Trinajstić information content (AvgIpc) is 2.96. The monoisotopic (exact) mass is 388 g/mol. The Morgan fingerprint density at radius 1 is 1.22 bits per heavy atom. The highest BCUT2D eigenvalue weighted by Gasteiger charge is 2.52. The number of rotatable bonds is 4. The minimum absolute atomic E-state index is 0.225. The quantitative estimate of drug-likeness (QED) is 0.264. The number of aliphatic hydroxyl groups is 5. The molecule has 1 aliphatic carbocycles. The van der Waals surface area contributed by atoms with Gasteiger partial charge in [-0.3, -0.25) is 0 Å². The molecule has 10 nitrogen and oxygen atoms in total. The molecule has 3 aliphatic rings. The zero-order valence-corrected chi connectivity index (χ0v) is 14.7. The Kier molecular flexibility index (Phi) is 5.87. The highest BCUT2D eigenvalue weighted by Crippen LogP contribution is 2.46. The highest BCUT2D eigenvalue weighted by atomic mass is 16.8. The third-order valence-corrected chi connectivity index (χ3v) is 5.33. The van der Waals surface area contributed by atoms with Crippen LogP contribution in [0.5, 0.6) is 0 Å². The van der Waals surface area contributed by atoms with Crippen LogP contribution in [-0.4, -0.2) is 88.3 Å². The van der Waals surface area contributed by atoms with Gasteiger partial charge in [0.25, 0.3) is 0 Å². The van der Waals surface area contributed by atoms with Crippen molar-refractivity contribution in [2.75, 3.05) is 13.7 Å². The van der Waals surface area contributed by atoms with Gasteiger partial charge in [0.2, 0.25) is 6.29 Å². The minimum Gasteiger partial charge on any atom is -0.471 e. The number of ether oxygens (including phenoxy) is 4. The lowest BCUT2D eigenvalue weighted by Crippen LogP contribution is -2.60. The molecule has 1 saturated heterocycles. The van der Waals surface area contributed by atoms with E-state index in [9.17, 15) is 30.3 Å². The summed E-state index contributed by atoms with van der Waals surface area (Å²) in [5.41, 5.74) is 0.623. The fraction of sp³-hybridized carbons (Fsp3) is 0.706. The molecule has 2 aliphatic heterocycles. The number of carbonyl (C=O) groups is 1. The summed E-state index contributed by atoms with van der Waals surface area (Å²) in [7, 11) is 1.23. The van der Waals surface area contributed by atoms with E-state index in [4.69, 9.17) is 18.9 Å². The van der Waals surface area contributed by atoms with E-state index in [0.29, 0.717) is 5.57 Å². The summed E-state index contributed by atoms with van der Waals surface area (Å²) in [6, 6.07) is 0. The van der Waals surface area contributed by atoms with Crippen molar-refractivity contribution in [2.24, 2.45) is 11.8 Å². The third-order valence-electron chi connectivity index (χ3n) is 5.33.